The molecule has 1 aromatic heterocycles. The molecule has 2 heterocycles. The van der Waals surface area contributed by atoms with E-state index in [-0.39, 0.29) is 11.9 Å². The standard InChI is InChI=1S/C15H25N5OS/c1-4-14(21)20-7-6-12(10-20)19-15(16-5-2)18-9-13-8-17-11(3)22-13/h8,12H,4-7,9-10H2,1-3H3,(H2,16,18,19). The second kappa shape index (κ2) is 8.12. The van der Waals surface area contributed by atoms with Crippen molar-refractivity contribution < 1.29 is 4.79 Å². The summed E-state index contributed by atoms with van der Waals surface area (Å²) in [6.45, 7) is 9.00. The molecular weight excluding hydrogens is 298 g/mol. The molecular formula is C15H25N5OS. The summed E-state index contributed by atoms with van der Waals surface area (Å²) < 4.78 is 0. The zero-order valence-corrected chi connectivity index (χ0v) is 14.4. The topological polar surface area (TPSA) is 69.6 Å². The normalized spacial score (nSPS) is 18.6. The molecule has 0 spiro atoms. The van der Waals surface area contributed by atoms with Gasteiger partial charge in [-0.05, 0) is 20.3 Å². The summed E-state index contributed by atoms with van der Waals surface area (Å²) in [7, 11) is 0. The summed E-state index contributed by atoms with van der Waals surface area (Å²) in [5.74, 6) is 1.04. The Hall–Kier alpha value is -1.63. The fourth-order valence-corrected chi connectivity index (χ4v) is 3.20. The molecule has 1 aliphatic heterocycles. The number of thiazole rings is 1. The third-order valence-corrected chi connectivity index (χ3v) is 4.49. The van der Waals surface area contributed by atoms with E-state index in [1.807, 2.05) is 24.9 Å². The molecule has 0 radical (unpaired) electrons. The van der Waals surface area contributed by atoms with Gasteiger partial charge in [0.2, 0.25) is 5.91 Å². The van der Waals surface area contributed by atoms with E-state index >= 15 is 0 Å². The minimum atomic E-state index is 0.228. The van der Waals surface area contributed by atoms with Crippen molar-refractivity contribution in [2.75, 3.05) is 19.6 Å². The number of aliphatic imine (C=N–C) groups is 1. The second-order valence-corrected chi connectivity index (χ2v) is 6.68. The van der Waals surface area contributed by atoms with Crippen molar-refractivity contribution in [2.24, 2.45) is 4.99 Å². The van der Waals surface area contributed by atoms with Crippen LogP contribution in [0.2, 0.25) is 0 Å². The molecule has 0 bridgehead atoms. The largest absolute Gasteiger partial charge is 0.357 e. The summed E-state index contributed by atoms with van der Waals surface area (Å²) in [4.78, 5) is 23.7. The van der Waals surface area contributed by atoms with Crippen LogP contribution in [-0.2, 0) is 11.3 Å². The molecule has 2 N–H and O–H groups in total. The number of guanidine groups is 1. The molecule has 122 valence electrons. The van der Waals surface area contributed by atoms with Crippen LogP contribution in [0.25, 0.3) is 0 Å². The lowest BCUT2D eigenvalue weighted by Gasteiger charge is -2.18. The maximum absolute atomic E-state index is 11.7. The molecule has 0 aromatic carbocycles. The lowest BCUT2D eigenvalue weighted by Crippen LogP contribution is -2.45. The lowest BCUT2D eigenvalue weighted by molar-refractivity contribution is -0.129. The first-order valence-corrected chi connectivity index (χ1v) is 8.68. The first kappa shape index (κ1) is 16.7. The molecule has 1 aromatic rings. The highest BCUT2D eigenvalue weighted by Crippen LogP contribution is 2.13. The fraction of sp³-hybridized carbons (Fsp3) is 0.667. The van der Waals surface area contributed by atoms with E-state index in [9.17, 15) is 4.79 Å². The molecule has 1 amide bonds. The number of hydrogen-bond donors (Lipinski definition) is 2. The summed E-state index contributed by atoms with van der Waals surface area (Å²) in [5, 5.41) is 7.76. The van der Waals surface area contributed by atoms with E-state index in [0.29, 0.717) is 13.0 Å². The maximum atomic E-state index is 11.7. The van der Waals surface area contributed by atoms with E-state index in [0.717, 1.165) is 41.9 Å². The van der Waals surface area contributed by atoms with Gasteiger partial charge in [0.25, 0.3) is 0 Å². The molecule has 6 nitrogen and oxygen atoms in total. The van der Waals surface area contributed by atoms with Crippen LogP contribution in [0.4, 0.5) is 0 Å². The molecule has 22 heavy (non-hydrogen) atoms. The molecule has 1 fully saturated rings. The van der Waals surface area contributed by atoms with Crippen LogP contribution >= 0.6 is 11.3 Å². The Morgan fingerprint density at radius 1 is 1.55 bits per heavy atom. The number of hydrogen-bond acceptors (Lipinski definition) is 4. The quantitative estimate of drug-likeness (QED) is 0.637. The highest BCUT2D eigenvalue weighted by Gasteiger charge is 2.25. The van der Waals surface area contributed by atoms with Gasteiger partial charge >= 0.3 is 0 Å². The highest BCUT2D eigenvalue weighted by atomic mass is 32.1. The van der Waals surface area contributed by atoms with Crippen LogP contribution in [0.1, 0.15) is 36.6 Å². The number of nitrogens with one attached hydrogen (secondary N) is 2. The molecule has 1 aliphatic rings. The fourth-order valence-electron chi connectivity index (χ4n) is 2.48. The Morgan fingerprint density at radius 3 is 3.00 bits per heavy atom. The Kier molecular flexibility index (Phi) is 6.18. The lowest BCUT2D eigenvalue weighted by atomic mass is 10.3. The predicted molar refractivity (Wildman–Crippen MR) is 90.1 cm³/mol. The Morgan fingerprint density at radius 2 is 2.36 bits per heavy atom. The Bertz CT molecular complexity index is 528. The van der Waals surface area contributed by atoms with Gasteiger partial charge in [-0.25, -0.2) is 9.98 Å². The molecule has 1 unspecified atom stereocenters. The number of amides is 1. The molecule has 0 saturated carbocycles. The monoisotopic (exact) mass is 323 g/mol. The van der Waals surface area contributed by atoms with Crippen molar-refractivity contribution in [1.29, 1.82) is 0 Å². The van der Waals surface area contributed by atoms with Gasteiger partial charge in [0, 0.05) is 43.2 Å². The number of carbonyl (C=O) groups is 1. The van der Waals surface area contributed by atoms with E-state index in [1.54, 1.807) is 11.3 Å². The van der Waals surface area contributed by atoms with Gasteiger partial charge in [-0.3, -0.25) is 4.79 Å². The summed E-state index contributed by atoms with van der Waals surface area (Å²) in [6.07, 6.45) is 3.42. The number of likely N-dealkylation sites (tertiary alicyclic amines) is 1. The zero-order chi connectivity index (χ0) is 15.9. The number of rotatable bonds is 5. The van der Waals surface area contributed by atoms with E-state index in [4.69, 9.17) is 0 Å². The van der Waals surface area contributed by atoms with Crippen LogP contribution in [0.15, 0.2) is 11.2 Å². The van der Waals surface area contributed by atoms with Crippen LogP contribution in [0.3, 0.4) is 0 Å². The van der Waals surface area contributed by atoms with Crippen LogP contribution in [-0.4, -0.2) is 47.4 Å². The third kappa shape index (κ3) is 4.69. The molecule has 7 heteroatoms. The van der Waals surface area contributed by atoms with Crippen molar-refractivity contribution in [3.05, 3.63) is 16.1 Å². The molecule has 0 aliphatic carbocycles. The van der Waals surface area contributed by atoms with Crippen molar-refractivity contribution >= 4 is 23.2 Å². The van der Waals surface area contributed by atoms with Crippen molar-refractivity contribution in [2.45, 2.75) is 46.2 Å². The third-order valence-electron chi connectivity index (χ3n) is 3.59. The minimum Gasteiger partial charge on any atom is -0.357 e. The average Bonchev–Trinajstić information content (AvgIpc) is 3.13. The first-order chi connectivity index (χ1) is 10.6. The number of aromatic nitrogens is 1. The van der Waals surface area contributed by atoms with E-state index < -0.39 is 0 Å². The van der Waals surface area contributed by atoms with Gasteiger partial charge < -0.3 is 15.5 Å². The van der Waals surface area contributed by atoms with Crippen molar-refractivity contribution in [3.63, 3.8) is 0 Å². The van der Waals surface area contributed by atoms with Gasteiger partial charge in [-0.2, -0.15) is 0 Å². The van der Waals surface area contributed by atoms with Crippen LogP contribution in [0.5, 0.6) is 0 Å². The van der Waals surface area contributed by atoms with Gasteiger partial charge in [-0.15, -0.1) is 11.3 Å². The SMILES string of the molecule is CCNC(=NCc1cnc(C)s1)NC1CCN(C(=O)CC)C1. The van der Waals surface area contributed by atoms with Gasteiger partial charge in [0.15, 0.2) is 5.96 Å². The first-order valence-electron chi connectivity index (χ1n) is 7.86. The van der Waals surface area contributed by atoms with Gasteiger partial charge in [0.1, 0.15) is 0 Å². The second-order valence-electron chi connectivity index (χ2n) is 5.36. The number of carbonyl (C=O) groups excluding carboxylic acids is 1. The number of aryl methyl sites for hydroxylation is 1. The predicted octanol–water partition coefficient (Wildman–Crippen LogP) is 1.52. The summed E-state index contributed by atoms with van der Waals surface area (Å²) >= 11 is 1.67. The minimum absolute atomic E-state index is 0.228. The zero-order valence-electron chi connectivity index (χ0n) is 13.6. The van der Waals surface area contributed by atoms with Crippen molar-refractivity contribution in [1.82, 2.24) is 20.5 Å². The van der Waals surface area contributed by atoms with E-state index in [1.165, 1.54) is 0 Å². The smallest absolute Gasteiger partial charge is 0.222 e. The maximum Gasteiger partial charge on any atom is 0.222 e. The summed E-state index contributed by atoms with van der Waals surface area (Å²) in [5.41, 5.74) is 0. The Labute approximate surface area is 136 Å². The van der Waals surface area contributed by atoms with Crippen molar-refractivity contribution in [3.8, 4) is 0 Å². The average molecular weight is 323 g/mol. The number of nitrogens with zero attached hydrogens (tertiary/aromatic N) is 3. The molecule has 1 atom stereocenters. The van der Waals surface area contributed by atoms with Crippen LogP contribution in [0, 0.1) is 6.92 Å². The highest BCUT2D eigenvalue weighted by molar-refractivity contribution is 7.11. The Balaban J connectivity index is 1.90. The summed E-state index contributed by atoms with van der Waals surface area (Å²) in [6, 6.07) is 0.275. The molecule has 1 saturated heterocycles. The van der Waals surface area contributed by atoms with Gasteiger partial charge in [0.05, 0.1) is 11.6 Å². The molecule has 2 rings (SSSR count). The van der Waals surface area contributed by atoms with Crippen LogP contribution < -0.4 is 10.6 Å². The van der Waals surface area contributed by atoms with Gasteiger partial charge in [-0.1, -0.05) is 6.92 Å². The van der Waals surface area contributed by atoms with E-state index in [2.05, 4.69) is 27.5 Å².